The van der Waals surface area contributed by atoms with Crippen LogP contribution in [0.5, 0.6) is 0 Å². The summed E-state index contributed by atoms with van der Waals surface area (Å²) in [5, 5.41) is 18.7. The van der Waals surface area contributed by atoms with E-state index in [1.165, 1.54) is 6.33 Å². The van der Waals surface area contributed by atoms with Crippen molar-refractivity contribution in [2.45, 2.75) is 32.2 Å². The summed E-state index contributed by atoms with van der Waals surface area (Å²) in [7, 11) is 0. The van der Waals surface area contributed by atoms with Crippen molar-refractivity contribution in [3.8, 4) is 11.4 Å². The van der Waals surface area contributed by atoms with E-state index in [0.29, 0.717) is 123 Å². The van der Waals surface area contributed by atoms with Gasteiger partial charge in [0.05, 0.1) is 125 Å². The van der Waals surface area contributed by atoms with Gasteiger partial charge in [-0.25, -0.2) is 4.79 Å². The van der Waals surface area contributed by atoms with Gasteiger partial charge in [0.15, 0.2) is 6.33 Å². The molecular formula is C35H52N6O14. The fraction of sp³-hybridized carbons (Fsp3) is 0.657. The van der Waals surface area contributed by atoms with Gasteiger partial charge >= 0.3 is 5.97 Å². The average molecular weight is 781 g/mol. The van der Waals surface area contributed by atoms with Crippen LogP contribution >= 0.6 is 0 Å². The number of nitrogens with zero attached hydrogens (tertiary/aromatic N) is 5. The first-order valence-corrected chi connectivity index (χ1v) is 18.2. The SMILES string of the molecule is O=C(CCOCCOCCOCCOCCOCCOCCOCCOCCOCCC(=O)ON1C(=O)CCC1=O)NCc1ccc(-c2nncnn2)cc1. The zero-order chi connectivity index (χ0) is 39.0. The number of carbonyl (C=O) groups excluding carboxylic acids is 4. The molecule has 1 aromatic carbocycles. The minimum atomic E-state index is -0.705. The molecule has 306 valence electrons. The van der Waals surface area contributed by atoms with Crippen LogP contribution in [0.3, 0.4) is 0 Å². The normalized spacial score (nSPS) is 12.8. The van der Waals surface area contributed by atoms with Gasteiger partial charge in [0, 0.05) is 31.4 Å². The lowest BCUT2D eigenvalue weighted by molar-refractivity contribution is -0.198. The van der Waals surface area contributed by atoms with Gasteiger partial charge in [-0.3, -0.25) is 14.4 Å². The van der Waals surface area contributed by atoms with Crippen molar-refractivity contribution in [1.82, 2.24) is 30.8 Å². The fourth-order valence-corrected chi connectivity index (χ4v) is 4.37. The van der Waals surface area contributed by atoms with Crippen LogP contribution in [0.1, 0.15) is 31.2 Å². The van der Waals surface area contributed by atoms with E-state index in [1.54, 1.807) is 0 Å². The van der Waals surface area contributed by atoms with E-state index in [-0.39, 0.29) is 44.8 Å². The number of ether oxygens (including phenoxy) is 9. The van der Waals surface area contributed by atoms with E-state index in [4.69, 9.17) is 47.5 Å². The van der Waals surface area contributed by atoms with Crippen LogP contribution in [0.4, 0.5) is 0 Å². The number of rotatable bonds is 34. The summed E-state index contributed by atoms with van der Waals surface area (Å²) >= 11 is 0. The number of hydrogen-bond acceptors (Lipinski definition) is 18. The van der Waals surface area contributed by atoms with Gasteiger partial charge in [0.25, 0.3) is 11.8 Å². The highest BCUT2D eigenvalue weighted by Gasteiger charge is 2.32. The van der Waals surface area contributed by atoms with Gasteiger partial charge in [-0.15, -0.1) is 25.5 Å². The van der Waals surface area contributed by atoms with Gasteiger partial charge in [0.2, 0.25) is 11.7 Å². The molecule has 2 aromatic rings. The number of benzene rings is 1. The number of carbonyl (C=O) groups is 4. The molecule has 1 aliphatic rings. The summed E-state index contributed by atoms with van der Waals surface area (Å²) in [6.45, 7) is 7.42. The van der Waals surface area contributed by atoms with Crippen molar-refractivity contribution in [3.63, 3.8) is 0 Å². The number of aromatic nitrogens is 4. The Labute approximate surface area is 319 Å². The summed E-state index contributed by atoms with van der Waals surface area (Å²) in [6.07, 6.45) is 1.56. The number of imide groups is 1. The molecule has 0 spiro atoms. The Hall–Kier alpha value is -4.12. The van der Waals surface area contributed by atoms with E-state index in [9.17, 15) is 19.2 Å². The molecule has 1 N–H and O–H groups in total. The van der Waals surface area contributed by atoms with Crippen LogP contribution in [-0.4, -0.2) is 168 Å². The molecule has 0 aliphatic carbocycles. The molecule has 2 heterocycles. The predicted octanol–water partition coefficient (Wildman–Crippen LogP) is 0.0866. The predicted molar refractivity (Wildman–Crippen MR) is 189 cm³/mol. The third kappa shape index (κ3) is 22.1. The lowest BCUT2D eigenvalue weighted by Gasteiger charge is -2.12. The number of hydroxylamine groups is 2. The molecule has 20 heteroatoms. The van der Waals surface area contributed by atoms with Crippen LogP contribution in [0.15, 0.2) is 30.6 Å². The summed E-state index contributed by atoms with van der Waals surface area (Å²) < 4.78 is 48.9. The third-order valence-corrected chi connectivity index (χ3v) is 7.21. The van der Waals surface area contributed by atoms with Crippen LogP contribution in [0.2, 0.25) is 0 Å². The first-order chi connectivity index (χ1) is 27.0. The van der Waals surface area contributed by atoms with Gasteiger partial charge in [-0.05, 0) is 5.56 Å². The average Bonchev–Trinajstić information content (AvgIpc) is 3.52. The van der Waals surface area contributed by atoms with Crippen molar-refractivity contribution < 1.29 is 66.6 Å². The molecule has 1 fully saturated rings. The zero-order valence-corrected chi connectivity index (χ0v) is 31.1. The maximum absolute atomic E-state index is 12.1. The smallest absolute Gasteiger partial charge is 0.335 e. The molecule has 0 bridgehead atoms. The van der Waals surface area contributed by atoms with Gasteiger partial charge in [-0.2, -0.15) is 0 Å². The Kier molecular flexibility index (Phi) is 24.8. The highest BCUT2D eigenvalue weighted by Crippen LogP contribution is 2.14. The van der Waals surface area contributed by atoms with Crippen molar-refractivity contribution in [2.75, 3.05) is 119 Å². The van der Waals surface area contributed by atoms with E-state index in [2.05, 4.69) is 25.7 Å². The molecule has 0 radical (unpaired) electrons. The molecule has 3 amide bonds. The van der Waals surface area contributed by atoms with E-state index < -0.39 is 17.8 Å². The van der Waals surface area contributed by atoms with Gasteiger partial charge < -0.3 is 52.8 Å². The van der Waals surface area contributed by atoms with Crippen LogP contribution in [0, 0.1) is 0 Å². The van der Waals surface area contributed by atoms with Crippen molar-refractivity contribution in [2.24, 2.45) is 0 Å². The molecule has 0 unspecified atom stereocenters. The number of nitrogens with one attached hydrogen (secondary N) is 1. The van der Waals surface area contributed by atoms with Gasteiger partial charge in [0.1, 0.15) is 0 Å². The van der Waals surface area contributed by atoms with Crippen molar-refractivity contribution in [1.29, 1.82) is 0 Å². The monoisotopic (exact) mass is 780 g/mol. The first-order valence-electron chi connectivity index (χ1n) is 18.2. The molecule has 1 aliphatic heterocycles. The Morgan fingerprint density at radius 2 is 0.927 bits per heavy atom. The largest absolute Gasteiger partial charge is 0.379 e. The second-order valence-electron chi connectivity index (χ2n) is 11.4. The van der Waals surface area contributed by atoms with Gasteiger partial charge in [-0.1, -0.05) is 24.3 Å². The summed E-state index contributed by atoms with van der Waals surface area (Å²) in [5.41, 5.74) is 1.75. The summed E-state index contributed by atoms with van der Waals surface area (Å²) in [6, 6.07) is 7.49. The van der Waals surface area contributed by atoms with E-state index in [0.717, 1.165) is 11.1 Å². The lowest BCUT2D eigenvalue weighted by atomic mass is 10.1. The molecule has 3 rings (SSSR count). The highest BCUT2D eigenvalue weighted by atomic mass is 16.7. The van der Waals surface area contributed by atoms with Crippen LogP contribution in [0.25, 0.3) is 11.4 Å². The molecule has 0 atom stereocenters. The Morgan fingerprint density at radius 1 is 0.545 bits per heavy atom. The minimum absolute atomic E-state index is 0.0538. The quantitative estimate of drug-likeness (QED) is 0.0733. The van der Waals surface area contributed by atoms with Crippen LogP contribution < -0.4 is 5.32 Å². The highest BCUT2D eigenvalue weighted by molar-refractivity contribution is 6.01. The molecule has 55 heavy (non-hydrogen) atoms. The molecular weight excluding hydrogens is 728 g/mol. The molecule has 20 nitrogen and oxygen atoms in total. The molecule has 1 aromatic heterocycles. The van der Waals surface area contributed by atoms with E-state index in [1.807, 2.05) is 24.3 Å². The Morgan fingerprint density at radius 3 is 1.35 bits per heavy atom. The third-order valence-electron chi connectivity index (χ3n) is 7.21. The maximum atomic E-state index is 12.1. The lowest BCUT2D eigenvalue weighted by Crippen LogP contribution is -2.32. The van der Waals surface area contributed by atoms with Crippen molar-refractivity contribution in [3.05, 3.63) is 36.2 Å². The standard InChI is InChI=1S/C35H52N6O14/c42-31(36-27-29-1-3-30(4-2-29)35-39-37-28-38-40-35)7-9-46-11-13-48-15-17-50-19-21-52-23-25-54-26-24-53-22-20-51-18-16-49-14-12-47-10-8-34(45)55-41-32(43)5-6-33(41)44/h1-4,28H,5-27H2,(H,36,42). The van der Waals surface area contributed by atoms with E-state index >= 15 is 0 Å². The summed E-state index contributed by atoms with van der Waals surface area (Å²) in [5.74, 6) is -1.39. The fourth-order valence-electron chi connectivity index (χ4n) is 4.37. The second kappa shape index (κ2) is 30.1. The zero-order valence-electron chi connectivity index (χ0n) is 31.1. The number of amides is 3. The first kappa shape index (κ1) is 45.3. The maximum Gasteiger partial charge on any atom is 0.335 e. The Balaban J connectivity index is 0.939. The topological polar surface area (TPSA) is 227 Å². The Bertz CT molecular complexity index is 1330. The number of hydrogen-bond donors (Lipinski definition) is 1. The minimum Gasteiger partial charge on any atom is -0.379 e. The van der Waals surface area contributed by atoms with Crippen molar-refractivity contribution >= 4 is 23.7 Å². The molecule has 1 saturated heterocycles. The molecule has 0 saturated carbocycles. The summed E-state index contributed by atoms with van der Waals surface area (Å²) in [4.78, 5) is 51.3. The van der Waals surface area contributed by atoms with Crippen LogP contribution in [-0.2, 0) is 73.2 Å². The second-order valence-corrected chi connectivity index (χ2v) is 11.4.